The first-order valence-electron chi connectivity index (χ1n) is 8.02. The fourth-order valence-electron chi connectivity index (χ4n) is 2.37. The van der Waals surface area contributed by atoms with Crippen molar-refractivity contribution in [3.8, 4) is 5.75 Å². The minimum atomic E-state index is -0.886. The van der Waals surface area contributed by atoms with E-state index in [0.717, 1.165) is 5.56 Å². The topological polar surface area (TPSA) is 51.2 Å². The number of hydrogen-bond acceptors (Lipinski definition) is 3. The van der Waals surface area contributed by atoms with E-state index < -0.39 is 6.86 Å². The lowest BCUT2D eigenvalue weighted by Gasteiger charge is -2.14. The van der Waals surface area contributed by atoms with Crippen LogP contribution in [0.15, 0.2) is 42.6 Å². The van der Waals surface area contributed by atoms with Gasteiger partial charge in [0.25, 0.3) is 0 Å². The van der Waals surface area contributed by atoms with E-state index in [1.54, 1.807) is 12.1 Å². The number of alkyl halides is 1. The van der Waals surface area contributed by atoms with E-state index in [-0.39, 0.29) is 11.9 Å². The summed E-state index contributed by atoms with van der Waals surface area (Å²) in [4.78, 5) is 16.4. The molecule has 0 aliphatic heterocycles. The molecule has 24 heavy (non-hydrogen) atoms. The fraction of sp³-hybridized carbons (Fsp3) is 0.368. The lowest BCUT2D eigenvalue weighted by molar-refractivity contribution is -0.121. The molecular weight excluding hydrogens is 307 g/mol. The van der Waals surface area contributed by atoms with Gasteiger partial charge in [0.05, 0.1) is 24.4 Å². The Kier molecular flexibility index (Phi) is 6.29. The van der Waals surface area contributed by atoms with Crippen LogP contribution in [0.2, 0.25) is 0 Å². The van der Waals surface area contributed by atoms with Crippen LogP contribution in [0.25, 0.3) is 0 Å². The van der Waals surface area contributed by atoms with Gasteiger partial charge in [-0.25, -0.2) is 4.39 Å². The Bertz CT molecular complexity index is 654. The van der Waals surface area contributed by atoms with Crippen LogP contribution in [0.5, 0.6) is 5.75 Å². The Morgan fingerprint density at radius 2 is 1.88 bits per heavy atom. The monoisotopic (exact) mass is 330 g/mol. The van der Waals surface area contributed by atoms with Crippen LogP contribution in [0.3, 0.4) is 0 Å². The van der Waals surface area contributed by atoms with Gasteiger partial charge in [0.1, 0.15) is 5.75 Å². The van der Waals surface area contributed by atoms with Gasteiger partial charge in [-0.3, -0.25) is 9.78 Å². The van der Waals surface area contributed by atoms with Crippen molar-refractivity contribution in [2.75, 3.05) is 6.86 Å². The van der Waals surface area contributed by atoms with Crippen LogP contribution in [0.4, 0.5) is 4.39 Å². The van der Waals surface area contributed by atoms with Crippen molar-refractivity contribution in [1.29, 1.82) is 0 Å². The lowest BCUT2D eigenvalue weighted by atomic mass is 10.0. The Labute approximate surface area is 142 Å². The number of nitrogens with one attached hydrogen (secondary N) is 1. The van der Waals surface area contributed by atoms with Crippen LogP contribution in [-0.2, 0) is 11.2 Å². The van der Waals surface area contributed by atoms with Gasteiger partial charge in [-0.15, -0.1) is 0 Å². The number of ether oxygens (including phenoxy) is 1. The molecule has 1 atom stereocenters. The summed E-state index contributed by atoms with van der Waals surface area (Å²) in [6.45, 7) is 5.25. The standard InChI is InChI=1S/C19H23FN2O2/c1-13(2)16-6-4-15(5-7-16)10-19(23)22-14(3)18-9-8-17(11-21-18)24-12-20/h4-9,11,13-14H,10,12H2,1-3H3,(H,22,23)/t14-/m1/s1. The van der Waals surface area contributed by atoms with Crippen molar-refractivity contribution >= 4 is 5.91 Å². The molecule has 0 spiro atoms. The van der Waals surface area contributed by atoms with Crippen molar-refractivity contribution in [2.24, 2.45) is 0 Å². The smallest absolute Gasteiger partial charge is 0.228 e. The van der Waals surface area contributed by atoms with E-state index >= 15 is 0 Å². The second-order valence-electron chi connectivity index (χ2n) is 6.03. The van der Waals surface area contributed by atoms with Gasteiger partial charge in [-0.2, -0.15) is 0 Å². The highest BCUT2D eigenvalue weighted by atomic mass is 19.1. The molecule has 0 fully saturated rings. The lowest BCUT2D eigenvalue weighted by Crippen LogP contribution is -2.28. The van der Waals surface area contributed by atoms with E-state index in [1.807, 2.05) is 19.1 Å². The number of halogens is 1. The SMILES string of the molecule is CC(C)c1ccc(CC(=O)N[C@H](C)c2ccc(OCF)cn2)cc1. The highest BCUT2D eigenvalue weighted by Crippen LogP contribution is 2.16. The summed E-state index contributed by atoms with van der Waals surface area (Å²) in [5, 5.41) is 2.92. The molecule has 0 saturated carbocycles. The Hall–Kier alpha value is -2.43. The summed E-state index contributed by atoms with van der Waals surface area (Å²) >= 11 is 0. The normalized spacial score (nSPS) is 12.0. The van der Waals surface area contributed by atoms with E-state index in [4.69, 9.17) is 4.74 Å². The summed E-state index contributed by atoms with van der Waals surface area (Å²) in [5.41, 5.74) is 2.93. The Balaban J connectivity index is 1.91. The zero-order valence-corrected chi connectivity index (χ0v) is 14.3. The summed E-state index contributed by atoms with van der Waals surface area (Å²) in [6.07, 6.45) is 1.77. The number of nitrogens with zero attached hydrogens (tertiary/aromatic N) is 1. The number of carbonyl (C=O) groups excluding carboxylic acids is 1. The van der Waals surface area contributed by atoms with Crippen molar-refractivity contribution < 1.29 is 13.9 Å². The molecular formula is C19H23FN2O2. The zero-order chi connectivity index (χ0) is 17.5. The van der Waals surface area contributed by atoms with E-state index in [0.29, 0.717) is 23.8 Å². The molecule has 0 aliphatic carbocycles. The number of amides is 1. The van der Waals surface area contributed by atoms with E-state index in [9.17, 15) is 9.18 Å². The maximum absolute atomic E-state index is 12.2. The molecule has 0 radical (unpaired) electrons. The van der Waals surface area contributed by atoms with Gasteiger partial charge in [-0.1, -0.05) is 38.1 Å². The minimum absolute atomic E-state index is 0.0642. The number of carbonyl (C=O) groups is 1. The average Bonchev–Trinajstić information content (AvgIpc) is 2.56. The molecule has 0 unspecified atom stereocenters. The molecule has 128 valence electrons. The highest BCUT2D eigenvalue weighted by molar-refractivity contribution is 5.78. The number of pyridine rings is 1. The van der Waals surface area contributed by atoms with Crippen molar-refractivity contribution in [3.63, 3.8) is 0 Å². The van der Waals surface area contributed by atoms with E-state index in [1.165, 1.54) is 11.8 Å². The summed E-state index contributed by atoms with van der Waals surface area (Å²) in [6, 6.07) is 11.2. The molecule has 1 aromatic heterocycles. The minimum Gasteiger partial charge on any atom is -0.461 e. The van der Waals surface area contributed by atoms with Gasteiger partial charge < -0.3 is 10.1 Å². The number of rotatable bonds is 7. The first kappa shape index (κ1) is 17.9. The van der Waals surface area contributed by atoms with Crippen molar-refractivity contribution in [3.05, 3.63) is 59.4 Å². The first-order chi connectivity index (χ1) is 11.5. The molecule has 4 nitrogen and oxygen atoms in total. The van der Waals surface area contributed by atoms with Gasteiger partial charge in [0.15, 0.2) is 0 Å². The summed E-state index contributed by atoms with van der Waals surface area (Å²) in [5.74, 6) is 0.777. The molecule has 0 saturated heterocycles. The van der Waals surface area contributed by atoms with Gasteiger partial charge in [0.2, 0.25) is 12.8 Å². The van der Waals surface area contributed by atoms with Crippen LogP contribution < -0.4 is 10.1 Å². The van der Waals surface area contributed by atoms with E-state index in [2.05, 4.69) is 36.3 Å². The average molecular weight is 330 g/mol. The quantitative estimate of drug-likeness (QED) is 0.837. The van der Waals surface area contributed by atoms with Crippen molar-refractivity contribution in [1.82, 2.24) is 10.3 Å². The van der Waals surface area contributed by atoms with Crippen LogP contribution in [0, 0.1) is 0 Å². The predicted molar refractivity (Wildman–Crippen MR) is 91.6 cm³/mol. The summed E-state index contributed by atoms with van der Waals surface area (Å²) in [7, 11) is 0. The Morgan fingerprint density at radius 3 is 2.42 bits per heavy atom. The molecule has 2 rings (SSSR count). The largest absolute Gasteiger partial charge is 0.461 e. The Morgan fingerprint density at radius 1 is 1.17 bits per heavy atom. The molecule has 1 aromatic carbocycles. The number of hydrogen-bond donors (Lipinski definition) is 1. The number of aromatic nitrogens is 1. The summed E-state index contributed by atoms with van der Waals surface area (Å²) < 4.78 is 16.8. The third-order valence-corrected chi connectivity index (χ3v) is 3.81. The first-order valence-corrected chi connectivity index (χ1v) is 8.02. The van der Waals surface area contributed by atoms with Gasteiger partial charge in [0, 0.05) is 0 Å². The third kappa shape index (κ3) is 5.05. The maximum atomic E-state index is 12.2. The maximum Gasteiger partial charge on any atom is 0.228 e. The molecule has 1 amide bonds. The molecule has 0 aliphatic rings. The second kappa shape index (κ2) is 8.43. The van der Waals surface area contributed by atoms with Crippen LogP contribution in [-0.4, -0.2) is 17.8 Å². The molecule has 1 N–H and O–H groups in total. The van der Waals surface area contributed by atoms with Gasteiger partial charge in [-0.05, 0) is 36.1 Å². The molecule has 1 heterocycles. The fourth-order valence-corrected chi connectivity index (χ4v) is 2.37. The third-order valence-electron chi connectivity index (χ3n) is 3.81. The molecule has 0 bridgehead atoms. The predicted octanol–water partition coefficient (Wildman–Crippen LogP) is 3.93. The molecule has 2 aromatic rings. The second-order valence-corrected chi connectivity index (χ2v) is 6.03. The van der Waals surface area contributed by atoms with Crippen LogP contribution >= 0.6 is 0 Å². The van der Waals surface area contributed by atoms with Crippen molar-refractivity contribution in [2.45, 2.75) is 39.2 Å². The number of benzene rings is 1. The highest BCUT2D eigenvalue weighted by Gasteiger charge is 2.12. The zero-order valence-electron chi connectivity index (χ0n) is 14.3. The van der Waals surface area contributed by atoms with Gasteiger partial charge >= 0.3 is 0 Å². The van der Waals surface area contributed by atoms with Crippen LogP contribution in [0.1, 0.15) is 49.6 Å². The molecule has 5 heteroatoms.